The SMILES string of the molecule is CN=C(NCCc1cccc(F)c1)NCc1cccnc1N1CCOCC1. The normalized spacial score (nSPS) is 14.9. The molecule has 1 fully saturated rings. The Balaban J connectivity index is 1.52. The maximum absolute atomic E-state index is 13.2. The van der Waals surface area contributed by atoms with Crippen LogP contribution in [0.5, 0.6) is 0 Å². The van der Waals surface area contributed by atoms with Crippen LogP contribution < -0.4 is 15.5 Å². The summed E-state index contributed by atoms with van der Waals surface area (Å²) in [6.45, 7) is 4.46. The smallest absolute Gasteiger partial charge is 0.191 e. The summed E-state index contributed by atoms with van der Waals surface area (Å²) in [5.74, 6) is 1.49. The number of hydrogen-bond donors (Lipinski definition) is 2. The molecule has 0 amide bonds. The molecule has 0 radical (unpaired) electrons. The quantitative estimate of drug-likeness (QED) is 0.601. The lowest BCUT2D eigenvalue weighted by Gasteiger charge is -2.29. The largest absolute Gasteiger partial charge is 0.378 e. The number of aromatic nitrogens is 1. The number of pyridine rings is 1. The number of guanidine groups is 1. The van der Waals surface area contributed by atoms with Crippen molar-refractivity contribution in [3.05, 3.63) is 59.5 Å². The van der Waals surface area contributed by atoms with Gasteiger partial charge in [-0.2, -0.15) is 0 Å². The van der Waals surface area contributed by atoms with E-state index in [0.29, 0.717) is 19.0 Å². The van der Waals surface area contributed by atoms with Crippen LogP contribution in [0.25, 0.3) is 0 Å². The van der Waals surface area contributed by atoms with Crippen LogP contribution in [0.3, 0.4) is 0 Å². The Morgan fingerprint density at radius 3 is 2.85 bits per heavy atom. The average Bonchev–Trinajstić information content (AvgIpc) is 2.71. The van der Waals surface area contributed by atoms with Gasteiger partial charge in [-0.15, -0.1) is 0 Å². The molecule has 0 atom stereocenters. The van der Waals surface area contributed by atoms with Gasteiger partial charge in [0.25, 0.3) is 0 Å². The molecule has 1 aromatic heterocycles. The molecule has 1 saturated heterocycles. The lowest BCUT2D eigenvalue weighted by Crippen LogP contribution is -2.40. The minimum atomic E-state index is -0.206. The van der Waals surface area contributed by atoms with E-state index in [1.165, 1.54) is 6.07 Å². The Bertz CT molecular complexity index is 762. The summed E-state index contributed by atoms with van der Waals surface area (Å²) in [7, 11) is 1.74. The minimum absolute atomic E-state index is 0.206. The Hall–Kier alpha value is -2.67. The zero-order valence-electron chi connectivity index (χ0n) is 15.6. The Morgan fingerprint density at radius 1 is 1.22 bits per heavy atom. The van der Waals surface area contributed by atoms with Crippen LogP contribution in [-0.2, 0) is 17.7 Å². The van der Waals surface area contributed by atoms with E-state index in [1.54, 1.807) is 19.2 Å². The number of hydrogen-bond acceptors (Lipinski definition) is 4. The number of aliphatic imine (C=N–C) groups is 1. The van der Waals surface area contributed by atoms with E-state index in [4.69, 9.17) is 4.74 Å². The number of ether oxygens (including phenoxy) is 1. The molecule has 1 aromatic carbocycles. The first-order valence-electron chi connectivity index (χ1n) is 9.22. The first kappa shape index (κ1) is 19.1. The molecule has 0 saturated carbocycles. The summed E-state index contributed by atoms with van der Waals surface area (Å²) in [5, 5.41) is 6.60. The Kier molecular flexibility index (Phi) is 6.98. The van der Waals surface area contributed by atoms with Gasteiger partial charge in [0.15, 0.2) is 5.96 Å². The molecule has 2 aromatic rings. The van der Waals surface area contributed by atoms with Gasteiger partial charge in [-0.25, -0.2) is 9.37 Å². The topological polar surface area (TPSA) is 61.8 Å². The third-order valence-corrected chi connectivity index (χ3v) is 4.44. The van der Waals surface area contributed by atoms with Crippen LogP contribution in [0.15, 0.2) is 47.6 Å². The Labute approximate surface area is 159 Å². The van der Waals surface area contributed by atoms with E-state index >= 15 is 0 Å². The van der Waals surface area contributed by atoms with Crippen molar-refractivity contribution in [3.63, 3.8) is 0 Å². The summed E-state index contributed by atoms with van der Waals surface area (Å²) >= 11 is 0. The summed E-state index contributed by atoms with van der Waals surface area (Å²) in [4.78, 5) is 11.1. The summed E-state index contributed by atoms with van der Waals surface area (Å²) in [6.07, 6.45) is 2.55. The van der Waals surface area contributed by atoms with Gasteiger partial charge < -0.3 is 20.3 Å². The van der Waals surface area contributed by atoms with Crippen molar-refractivity contribution in [2.75, 3.05) is 44.8 Å². The van der Waals surface area contributed by atoms with Gasteiger partial charge in [0, 0.05) is 45.0 Å². The molecule has 0 bridgehead atoms. The van der Waals surface area contributed by atoms with Gasteiger partial charge in [0.2, 0.25) is 0 Å². The molecule has 27 heavy (non-hydrogen) atoms. The van der Waals surface area contributed by atoms with E-state index in [0.717, 1.165) is 49.7 Å². The molecule has 6 nitrogen and oxygen atoms in total. The average molecular weight is 371 g/mol. The molecule has 2 heterocycles. The molecule has 1 aliphatic heterocycles. The third kappa shape index (κ3) is 5.65. The van der Waals surface area contributed by atoms with Gasteiger partial charge in [-0.05, 0) is 30.2 Å². The number of rotatable bonds is 6. The van der Waals surface area contributed by atoms with E-state index in [1.807, 2.05) is 18.3 Å². The highest BCUT2D eigenvalue weighted by Crippen LogP contribution is 2.18. The second-order valence-electron chi connectivity index (χ2n) is 6.32. The van der Waals surface area contributed by atoms with Crippen molar-refractivity contribution < 1.29 is 9.13 Å². The number of halogens is 1. The number of benzene rings is 1. The minimum Gasteiger partial charge on any atom is -0.378 e. The fourth-order valence-electron chi connectivity index (χ4n) is 3.05. The molecular weight excluding hydrogens is 345 g/mol. The summed E-state index contributed by atoms with van der Waals surface area (Å²) < 4.78 is 18.7. The molecule has 0 unspecified atom stereocenters. The molecule has 0 aliphatic carbocycles. The van der Waals surface area contributed by atoms with Crippen LogP contribution in [0.1, 0.15) is 11.1 Å². The predicted octanol–water partition coefficient (Wildman–Crippen LogP) is 1.96. The molecule has 7 heteroatoms. The number of morpholine rings is 1. The molecule has 3 rings (SSSR count). The highest BCUT2D eigenvalue weighted by atomic mass is 19.1. The molecule has 144 valence electrons. The van der Waals surface area contributed by atoms with Gasteiger partial charge in [-0.1, -0.05) is 18.2 Å². The fourth-order valence-corrected chi connectivity index (χ4v) is 3.05. The van der Waals surface area contributed by atoms with Crippen molar-refractivity contribution in [2.24, 2.45) is 4.99 Å². The van der Waals surface area contributed by atoms with E-state index in [-0.39, 0.29) is 5.82 Å². The highest BCUT2D eigenvalue weighted by Gasteiger charge is 2.15. The lowest BCUT2D eigenvalue weighted by molar-refractivity contribution is 0.122. The predicted molar refractivity (Wildman–Crippen MR) is 106 cm³/mol. The molecular formula is C20H26FN5O. The highest BCUT2D eigenvalue weighted by molar-refractivity contribution is 5.79. The van der Waals surface area contributed by atoms with Gasteiger partial charge in [0.05, 0.1) is 13.2 Å². The third-order valence-electron chi connectivity index (χ3n) is 4.44. The monoisotopic (exact) mass is 371 g/mol. The first-order valence-corrected chi connectivity index (χ1v) is 9.22. The standard InChI is InChI=1S/C20H26FN5O/c1-22-20(24-9-7-16-4-2-6-18(21)14-16)25-15-17-5-3-8-23-19(17)26-10-12-27-13-11-26/h2-6,8,14H,7,9-13,15H2,1H3,(H2,22,24,25). The van der Waals surface area contributed by atoms with E-state index in [9.17, 15) is 4.39 Å². The van der Waals surface area contributed by atoms with Gasteiger partial charge in [0.1, 0.15) is 11.6 Å². The van der Waals surface area contributed by atoms with Crippen LogP contribution >= 0.6 is 0 Å². The molecule has 1 aliphatic rings. The van der Waals surface area contributed by atoms with Gasteiger partial charge >= 0.3 is 0 Å². The van der Waals surface area contributed by atoms with Crippen molar-refractivity contribution in [1.82, 2.24) is 15.6 Å². The maximum atomic E-state index is 13.2. The number of anilines is 1. The number of nitrogens with one attached hydrogen (secondary N) is 2. The molecule has 0 spiro atoms. The zero-order valence-corrected chi connectivity index (χ0v) is 15.6. The zero-order chi connectivity index (χ0) is 18.9. The molecule has 2 N–H and O–H groups in total. The van der Waals surface area contributed by atoms with Crippen LogP contribution in [0, 0.1) is 5.82 Å². The fraction of sp³-hybridized carbons (Fsp3) is 0.400. The van der Waals surface area contributed by atoms with Crippen LogP contribution in [0.2, 0.25) is 0 Å². The number of nitrogens with zero attached hydrogens (tertiary/aromatic N) is 3. The van der Waals surface area contributed by atoms with Crippen LogP contribution in [0.4, 0.5) is 10.2 Å². The second-order valence-corrected chi connectivity index (χ2v) is 6.32. The Morgan fingerprint density at radius 2 is 2.07 bits per heavy atom. The van der Waals surface area contributed by atoms with Crippen molar-refractivity contribution >= 4 is 11.8 Å². The maximum Gasteiger partial charge on any atom is 0.191 e. The lowest BCUT2D eigenvalue weighted by atomic mass is 10.1. The van der Waals surface area contributed by atoms with E-state index < -0.39 is 0 Å². The van der Waals surface area contributed by atoms with Crippen molar-refractivity contribution in [3.8, 4) is 0 Å². The van der Waals surface area contributed by atoms with Crippen molar-refractivity contribution in [1.29, 1.82) is 0 Å². The van der Waals surface area contributed by atoms with Gasteiger partial charge in [-0.3, -0.25) is 4.99 Å². The summed E-state index contributed by atoms with van der Waals surface area (Å²) in [6, 6.07) is 10.7. The summed E-state index contributed by atoms with van der Waals surface area (Å²) in [5.41, 5.74) is 2.08. The first-order chi connectivity index (χ1) is 13.3. The van der Waals surface area contributed by atoms with Crippen LogP contribution in [-0.4, -0.2) is 50.8 Å². The van der Waals surface area contributed by atoms with Crippen molar-refractivity contribution in [2.45, 2.75) is 13.0 Å². The second kappa shape index (κ2) is 9.87. The van der Waals surface area contributed by atoms with E-state index in [2.05, 4.69) is 31.6 Å².